The minimum absolute atomic E-state index is 0.0527. The molecule has 182 valence electrons. The maximum absolute atomic E-state index is 13.0. The van der Waals surface area contributed by atoms with Gasteiger partial charge in [-0.3, -0.25) is 9.59 Å². The Morgan fingerprint density at radius 2 is 1.71 bits per heavy atom. The SMILES string of the molecule is Cc1ccc(-c2ccc(N3CCN(C(=O)CN(CCC(C)C)C(=O)C4CCC4)CC3)nn2)cc1. The molecule has 0 atom stereocenters. The van der Waals surface area contributed by atoms with Gasteiger partial charge in [-0.25, -0.2) is 0 Å². The Morgan fingerprint density at radius 1 is 1.00 bits per heavy atom. The van der Waals surface area contributed by atoms with Crippen LogP contribution in [0.4, 0.5) is 5.82 Å². The zero-order valence-electron chi connectivity index (χ0n) is 20.7. The maximum Gasteiger partial charge on any atom is 0.242 e. The molecule has 0 radical (unpaired) electrons. The molecule has 2 heterocycles. The van der Waals surface area contributed by atoms with Crippen LogP contribution in [0.5, 0.6) is 0 Å². The van der Waals surface area contributed by atoms with Crippen LogP contribution in [0.2, 0.25) is 0 Å². The van der Waals surface area contributed by atoms with Crippen molar-refractivity contribution in [1.29, 1.82) is 0 Å². The summed E-state index contributed by atoms with van der Waals surface area (Å²) in [5.41, 5.74) is 3.13. The number of hydrogen-bond donors (Lipinski definition) is 0. The molecule has 34 heavy (non-hydrogen) atoms. The van der Waals surface area contributed by atoms with E-state index in [1.807, 2.05) is 21.9 Å². The largest absolute Gasteiger partial charge is 0.352 e. The normalized spacial score (nSPS) is 16.5. The number of carbonyl (C=O) groups is 2. The summed E-state index contributed by atoms with van der Waals surface area (Å²) in [5, 5.41) is 8.85. The van der Waals surface area contributed by atoms with E-state index < -0.39 is 0 Å². The lowest BCUT2D eigenvalue weighted by Crippen LogP contribution is -2.53. The lowest BCUT2D eigenvalue weighted by Gasteiger charge is -2.37. The smallest absolute Gasteiger partial charge is 0.242 e. The number of benzene rings is 1. The molecule has 1 aliphatic heterocycles. The monoisotopic (exact) mass is 463 g/mol. The van der Waals surface area contributed by atoms with Crippen molar-refractivity contribution in [2.75, 3.05) is 44.2 Å². The average molecular weight is 464 g/mol. The summed E-state index contributed by atoms with van der Waals surface area (Å²) < 4.78 is 0. The highest BCUT2D eigenvalue weighted by atomic mass is 16.2. The summed E-state index contributed by atoms with van der Waals surface area (Å²) in [6.07, 6.45) is 3.98. The van der Waals surface area contributed by atoms with Gasteiger partial charge in [-0.1, -0.05) is 50.1 Å². The van der Waals surface area contributed by atoms with Crippen LogP contribution in [-0.4, -0.2) is 71.1 Å². The summed E-state index contributed by atoms with van der Waals surface area (Å²) in [7, 11) is 0. The second-order valence-corrected chi connectivity index (χ2v) is 10.1. The minimum atomic E-state index is 0.0527. The van der Waals surface area contributed by atoms with Crippen molar-refractivity contribution in [2.24, 2.45) is 11.8 Å². The van der Waals surface area contributed by atoms with Crippen LogP contribution in [-0.2, 0) is 9.59 Å². The van der Waals surface area contributed by atoms with Gasteiger partial charge in [0.15, 0.2) is 5.82 Å². The van der Waals surface area contributed by atoms with Crippen molar-refractivity contribution >= 4 is 17.6 Å². The van der Waals surface area contributed by atoms with Gasteiger partial charge in [0.25, 0.3) is 0 Å². The first kappa shape index (κ1) is 24.2. The molecule has 0 bridgehead atoms. The molecule has 1 saturated carbocycles. The quantitative estimate of drug-likeness (QED) is 0.596. The fraction of sp³-hybridized carbons (Fsp3) is 0.556. The van der Waals surface area contributed by atoms with Gasteiger partial charge < -0.3 is 14.7 Å². The minimum Gasteiger partial charge on any atom is -0.352 e. The van der Waals surface area contributed by atoms with Crippen molar-refractivity contribution in [2.45, 2.75) is 46.5 Å². The molecule has 2 aliphatic rings. The highest BCUT2D eigenvalue weighted by molar-refractivity contribution is 5.86. The molecule has 0 spiro atoms. The Balaban J connectivity index is 1.31. The highest BCUT2D eigenvalue weighted by Gasteiger charge is 2.32. The summed E-state index contributed by atoms with van der Waals surface area (Å²) in [6, 6.07) is 12.3. The molecule has 4 rings (SSSR count). The molecule has 1 aromatic carbocycles. The topological polar surface area (TPSA) is 69.6 Å². The zero-order valence-corrected chi connectivity index (χ0v) is 20.7. The third kappa shape index (κ3) is 5.93. The predicted octanol–water partition coefficient (Wildman–Crippen LogP) is 3.78. The van der Waals surface area contributed by atoms with Gasteiger partial charge in [-0.2, -0.15) is 0 Å². The molecular weight excluding hydrogens is 426 g/mol. The maximum atomic E-state index is 13.0. The van der Waals surface area contributed by atoms with Crippen LogP contribution in [0, 0.1) is 18.8 Å². The molecule has 2 aromatic rings. The first-order chi connectivity index (χ1) is 16.4. The number of aromatic nitrogens is 2. The van der Waals surface area contributed by atoms with Crippen LogP contribution in [0.15, 0.2) is 36.4 Å². The van der Waals surface area contributed by atoms with E-state index in [0.29, 0.717) is 38.6 Å². The molecular formula is C27H37N5O2. The van der Waals surface area contributed by atoms with Gasteiger partial charge in [0.2, 0.25) is 11.8 Å². The second kappa shape index (κ2) is 11.0. The summed E-state index contributed by atoms with van der Waals surface area (Å²) in [6.45, 7) is 9.95. The van der Waals surface area contributed by atoms with Gasteiger partial charge >= 0.3 is 0 Å². The lowest BCUT2D eigenvalue weighted by molar-refractivity contribution is -0.145. The molecule has 7 heteroatoms. The molecule has 1 aliphatic carbocycles. The number of aryl methyl sites for hydroxylation is 1. The number of piperazine rings is 1. The van der Waals surface area contributed by atoms with Crippen LogP contribution in [0.3, 0.4) is 0 Å². The third-order valence-corrected chi connectivity index (χ3v) is 7.02. The summed E-state index contributed by atoms with van der Waals surface area (Å²) >= 11 is 0. The van der Waals surface area contributed by atoms with E-state index in [2.05, 4.69) is 60.1 Å². The van der Waals surface area contributed by atoms with Gasteiger partial charge in [0.1, 0.15) is 0 Å². The summed E-state index contributed by atoms with van der Waals surface area (Å²) in [4.78, 5) is 31.8. The Bertz CT molecular complexity index is 962. The number of nitrogens with zero attached hydrogens (tertiary/aromatic N) is 5. The number of amides is 2. The third-order valence-electron chi connectivity index (χ3n) is 7.02. The molecule has 1 aromatic heterocycles. The highest BCUT2D eigenvalue weighted by Crippen LogP contribution is 2.28. The van der Waals surface area contributed by atoms with Gasteiger partial charge in [-0.15, -0.1) is 10.2 Å². The van der Waals surface area contributed by atoms with Crippen molar-refractivity contribution in [3.8, 4) is 11.3 Å². The number of carbonyl (C=O) groups excluding carboxylic acids is 2. The Hall–Kier alpha value is -2.96. The Morgan fingerprint density at radius 3 is 2.26 bits per heavy atom. The van der Waals surface area contributed by atoms with Crippen molar-refractivity contribution in [3.05, 3.63) is 42.0 Å². The number of rotatable bonds is 8. The van der Waals surface area contributed by atoms with E-state index in [-0.39, 0.29) is 24.3 Å². The van der Waals surface area contributed by atoms with Crippen LogP contribution in [0.25, 0.3) is 11.3 Å². The van der Waals surface area contributed by atoms with Gasteiger partial charge in [0.05, 0.1) is 12.2 Å². The van der Waals surface area contributed by atoms with E-state index in [1.165, 1.54) is 5.56 Å². The van der Waals surface area contributed by atoms with E-state index in [4.69, 9.17) is 0 Å². The van der Waals surface area contributed by atoms with E-state index >= 15 is 0 Å². The molecule has 2 amide bonds. The predicted molar refractivity (Wildman–Crippen MR) is 134 cm³/mol. The number of anilines is 1. The molecule has 1 saturated heterocycles. The summed E-state index contributed by atoms with van der Waals surface area (Å²) in [5.74, 6) is 1.69. The Labute approximate surface area is 203 Å². The average Bonchev–Trinajstić information content (AvgIpc) is 2.81. The van der Waals surface area contributed by atoms with Crippen LogP contribution < -0.4 is 4.90 Å². The fourth-order valence-corrected chi connectivity index (χ4v) is 4.41. The van der Waals surface area contributed by atoms with E-state index in [1.54, 1.807) is 0 Å². The molecule has 0 unspecified atom stereocenters. The van der Waals surface area contributed by atoms with Crippen LogP contribution >= 0.6 is 0 Å². The van der Waals surface area contributed by atoms with Gasteiger partial charge in [0, 0.05) is 44.2 Å². The molecule has 7 nitrogen and oxygen atoms in total. The van der Waals surface area contributed by atoms with Crippen LogP contribution in [0.1, 0.15) is 45.1 Å². The van der Waals surface area contributed by atoms with Crippen molar-refractivity contribution in [1.82, 2.24) is 20.0 Å². The molecule has 2 fully saturated rings. The van der Waals surface area contributed by atoms with Gasteiger partial charge in [-0.05, 0) is 44.2 Å². The van der Waals surface area contributed by atoms with E-state index in [0.717, 1.165) is 42.8 Å². The Kier molecular flexibility index (Phi) is 7.80. The van der Waals surface area contributed by atoms with Crippen molar-refractivity contribution < 1.29 is 9.59 Å². The second-order valence-electron chi connectivity index (χ2n) is 10.1. The first-order valence-electron chi connectivity index (χ1n) is 12.6. The first-order valence-corrected chi connectivity index (χ1v) is 12.6. The molecule has 0 N–H and O–H groups in total. The standard InChI is InChI=1S/C27H37N5O2/c1-20(2)13-14-32(27(34)23-5-4-6-23)19-26(33)31-17-15-30(16-18-31)25-12-11-24(28-29-25)22-9-7-21(3)8-10-22/h7-12,20,23H,4-6,13-19H2,1-3H3. The lowest BCUT2D eigenvalue weighted by atomic mass is 9.84. The number of hydrogen-bond acceptors (Lipinski definition) is 5. The van der Waals surface area contributed by atoms with E-state index in [9.17, 15) is 9.59 Å². The van der Waals surface area contributed by atoms with Crippen molar-refractivity contribution in [3.63, 3.8) is 0 Å². The fourth-order valence-electron chi connectivity index (χ4n) is 4.41. The zero-order chi connectivity index (χ0) is 24.1.